The maximum atomic E-state index is 13.5. The van der Waals surface area contributed by atoms with E-state index in [2.05, 4.69) is 10.6 Å². The van der Waals surface area contributed by atoms with Crippen LogP contribution in [0.4, 0.5) is 8.78 Å². The average molecular weight is 344 g/mol. The van der Waals surface area contributed by atoms with Gasteiger partial charge in [0.1, 0.15) is 17.7 Å². The molecule has 24 heavy (non-hydrogen) atoms. The molecule has 0 unspecified atom stereocenters. The van der Waals surface area contributed by atoms with E-state index in [9.17, 15) is 23.5 Å². The summed E-state index contributed by atoms with van der Waals surface area (Å²) in [5, 5.41) is 23.8. The lowest BCUT2D eigenvalue weighted by Gasteiger charge is -2.27. The smallest absolute Gasteiger partial charge is 0.254 e. The lowest BCUT2D eigenvalue weighted by atomic mass is 9.87. The van der Waals surface area contributed by atoms with Crippen molar-refractivity contribution in [3.8, 4) is 0 Å². The van der Waals surface area contributed by atoms with Crippen molar-refractivity contribution in [3.63, 3.8) is 0 Å². The second kappa shape index (κ2) is 8.16. The Morgan fingerprint density at radius 1 is 1.29 bits per heavy atom. The summed E-state index contributed by atoms with van der Waals surface area (Å²) in [5.41, 5.74) is -1.45. The van der Waals surface area contributed by atoms with E-state index >= 15 is 0 Å². The number of rotatable bonds is 7. The summed E-state index contributed by atoms with van der Waals surface area (Å²) in [7, 11) is 0. The summed E-state index contributed by atoms with van der Waals surface area (Å²) in [6.07, 6.45) is -1.42. The first-order valence-corrected chi connectivity index (χ1v) is 7.41. The third-order valence-electron chi connectivity index (χ3n) is 3.53. The molecule has 0 saturated heterocycles. The van der Waals surface area contributed by atoms with E-state index in [4.69, 9.17) is 5.11 Å². The van der Waals surface area contributed by atoms with Crippen LogP contribution in [0.5, 0.6) is 0 Å². The summed E-state index contributed by atoms with van der Waals surface area (Å²) in [4.78, 5) is 23.7. The minimum Gasteiger partial charge on any atom is -0.396 e. The molecule has 1 aromatic rings. The molecule has 2 atom stereocenters. The van der Waals surface area contributed by atoms with Gasteiger partial charge in [-0.05, 0) is 25.1 Å². The van der Waals surface area contributed by atoms with Gasteiger partial charge in [0, 0.05) is 18.0 Å². The van der Waals surface area contributed by atoms with E-state index in [-0.39, 0.29) is 13.2 Å². The predicted molar refractivity (Wildman–Crippen MR) is 83.2 cm³/mol. The van der Waals surface area contributed by atoms with Crippen molar-refractivity contribution in [1.82, 2.24) is 10.6 Å². The molecule has 0 aliphatic rings. The van der Waals surface area contributed by atoms with E-state index in [0.717, 1.165) is 18.2 Å². The molecule has 2 amide bonds. The van der Waals surface area contributed by atoms with Crippen molar-refractivity contribution in [2.75, 3.05) is 13.2 Å². The number of nitrogens with one attached hydrogen (secondary N) is 2. The zero-order valence-electron chi connectivity index (χ0n) is 13.8. The fourth-order valence-corrected chi connectivity index (χ4v) is 1.82. The van der Waals surface area contributed by atoms with Crippen molar-refractivity contribution >= 4 is 11.8 Å². The predicted octanol–water partition coefficient (Wildman–Crippen LogP) is 0.579. The van der Waals surface area contributed by atoms with Gasteiger partial charge >= 0.3 is 0 Å². The molecule has 0 aliphatic carbocycles. The summed E-state index contributed by atoms with van der Waals surface area (Å²) >= 11 is 0. The molecule has 0 fully saturated rings. The van der Waals surface area contributed by atoms with E-state index in [1.54, 1.807) is 6.92 Å². The molecule has 1 aromatic carbocycles. The van der Waals surface area contributed by atoms with Crippen LogP contribution in [0.25, 0.3) is 0 Å². The lowest BCUT2D eigenvalue weighted by molar-refractivity contribution is -0.137. The van der Waals surface area contributed by atoms with Gasteiger partial charge in [0.05, 0.1) is 12.2 Å². The van der Waals surface area contributed by atoms with Crippen molar-refractivity contribution in [1.29, 1.82) is 0 Å². The summed E-state index contributed by atoms with van der Waals surface area (Å²) < 4.78 is 26.6. The Morgan fingerprint density at radius 3 is 2.50 bits per heavy atom. The van der Waals surface area contributed by atoms with Crippen LogP contribution in [0.3, 0.4) is 0 Å². The highest BCUT2D eigenvalue weighted by atomic mass is 19.1. The fourth-order valence-electron chi connectivity index (χ4n) is 1.82. The highest BCUT2D eigenvalue weighted by Crippen LogP contribution is 2.19. The minimum absolute atomic E-state index is 0.0277. The number of halogens is 2. The molecule has 0 aliphatic heterocycles. The number of aliphatic hydroxyl groups is 2. The maximum absolute atomic E-state index is 13.5. The lowest BCUT2D eigenvalue weighted by Crippen LogP contribution is -2.49. The molecule has 0 bridgehead atoms. The Bertz CT molecular complexity index is 608. The van der Waals surface area contributed by atoms with Gasteiger partial charge in [-0.2, -0.15) is 0 Å². The van der Waals surface area contributed by atoms with Gasteiger partial charge < -0.3 is 20.8 Å². The van der Waals surface area contributed by atoms with Crippen LogP contribution in [0, 0.1) is 17.0 Å². The molecule has 6 nitrogen and oxygen atoms in total. The van der Waals surface area contributed by atoms with Crippen molar-refractivity contribution < 1.29 is 28.6 Å². The standard InChI is InChI=1S/C16H22F2N2O4/c1-9(7-19-15(24)13(22)16(2,3)8-21)20-14(23)11-6-10(17)4-5-12(11)18/h4-6,9,13,21-22H,7-8H2,1-3H3,(H,19,24)(H,20,23)/t9-,13-/m0/s1. The zero-order valence-corrected chi connectivity index (χ0v) is 13.8. The fraction of sp³-hybridized carbons (Fsp3) is 0.500. The molecule has 0 aromatic heterocycles. The number of hydrogen-bond donors (Lipinski definition) is 4. The van der Waals surface area contributed by atoms with E-state index in [1.807, 2.05) is 0 Å². The van der Waals surface area contributed by atoms with Gasteiger partial charge in [-0.3, -0.25) is 9.59 Å². The highest BCUT2D eigenvalue weighted by molar-refractivity contribution is 5.94. The number of benzene rings is 1. The highest BCUT2D eigenvalue weighted by Gasteiger charge is 2.33. The monoisotopic (exact) mass is 344 g/mol. The van der Waals surface area contributed by atoms with Gasteiger partial charge in [0.2, 0.25) is 5.91 Å². The first kappa shape index (κ1) is 20.0. The molecule has 8 heteroatoms. The van der Waals surface area contributed by atoms with Crippen LogP contribution in [-0.4, -0.2) is 47.3 Å². The third-order valence-corrected chi connectivity index (χ3v) is 3.53. The number of aliphatic hydroxyl groups excluding tert-OH is 2. The maximum Gasteiger partial charge on any atom is 0.254 e. The molecule has 0 heterocycles. The Morgan fingerprint density at radius 2 is 1.92 bits per heavy atom. The molecule has 1 rings (SSSR count). The molecule has 0 saturated carbocycles. The average Bonchev–Trinajstić information content (AvgIpc) is 2.53. The molecule has 0 radical (unpaired) electrons. The van der Waals surface area contributed by atoms with Crippen molar-refractivity contribution in [2.45, 2.75) is 32.9 Å². The Hall–Kier alpha value is -2.06. The SMILES string of the molecule is C[C@@H](CNC(=O)[C@H](O)C(C)(C)CO)NC(=O)c1cc(F)ccc1F. The molecular weight excluding hydrogens is 322 g/mol. The van der Waals surface area contributed by atoms with Crippen LogP contribution < -0.4 is 10.6 Å². The van der Waals surface area contributed by atoms with E-state index < -0.39 is 46.6 Å². The van der Waals surface area contributed by atoms with Crippen molar-refractivity contribution in [3.05, 3.63) is 35.4 Å². The van der Waals surface area contributed by atoms with E-state index in [1.165, 1.54) is 13.8 Å². The Labute approximate surface area is 138 Å². The number of carbonyl (C=O) groups excluding carboxylic acids is 2. The second-order valence-electron chi connectivity index (χ2n) is 6.29. The number of hydrogen-bond acceptors (Lipinski definition) is 4. The van der Waals surface area contributed by atoms with Crippen molar-refractivity contribution in [2.24, 2.45) is 5.41 Å². The second-order valence-corrected chi connectivity index (χ2v) is 6.29. The van der Waals surface area contributed by atoms with Crippen LogP contribution in [0.1, 0.15) is 31.1 Å². The normalized spacial score (nSPS) is 14.0. The number of amides is 2. The minimum atomic E-state index is -1.42. The van der Waals surface area contributed by atoms with Crippen LogP contribution in [-0.2, 0) is 4.79 Å². The largest absolute Gasteiger partial charge is 0.396 e. The zero-order chi connectivity index (χ0) is 18.5. The van der Waals surface area contributed by atoms with Gasteiger partial charge in [0.15, 0.2) is 0 Å². The van der Waals surface area contributed by atoms with Crippen LogP contribution >= 0.6 is 0 Å². The molecular formula is C16H22F2N2O4. The summed E-state index contributed by atoms with van der Waals surface area (Å²) in [6.45, 7) is 4.19. The third kappa shape index (κ3) is 5.24. The van der Waals surface area contributed by atoms with Gasteiger partial charge in [-0.25, -0.2) is 8.78 Å². The van der Waals surface area contributed by atoms with Crippen LogP contribution in [0.2, 0.25) is 0 Å². The van der Waals surface area contributed by atoms with Gasteiger partial charge in [-0.1, -0.05) is 13.8 Å². The van der Waals surface area contributed by atoms with Gasteiger partial charge in [-0.15, -0.1) is 0 Å². The Kier molecular flexibility index (Phi) is 6.80. The first-order valence-electron chi connectivity index (χ1n) is 7.41. The molecule has 0 spiro atoms. The summed E-state index contributed by atoms with van der Waals surface area (Å²) in [5.74, 6) is -3.11. The molecule has 134 valence electrons. The Balaban J connectivity index is 2.57. The van der Waals surface area contributed by atoms with E-state index in [0.29, 0.717) is 0 Å². The molecule has 4 N–H and O–H groups in total. The summed E-state index contributed by atoms with van der Waals surface area (Å²) in [6, 6.07) is 1.95. The number of carbonyl (C=O) groups is 2. The first-order chi connectivity index (χ1) is 11.1. The van der Waals surface area contributed by atoms with Crippen LogP contribution in [0.15, 0.2) is 18.2 Å². The topological polar surface area (TPSA) is 98.7 Å². The van der Waals surface area contributed by atoms with Gasteiger partial charge in [0.25, 0.3) is 5.91 Å². The quantitative estimate of drug-likeness (QED) is 0.581.